The Morgan fingerprint density at radius 2 is 2.00 bits per heavy atom. The Balaban J connectivity index is 1.94. The minimum Gasteiger partial charge on any atom is -0.468 e. The van der Waals surface area contributed by atoms with Crippen LogP contribution in [0.4, 0.5) is 0 Å². The highest BCUT2D eigenvalue weighted by molar-refractivity contribution is 7.09. The van der Waals surface area contributed by atoms with Crippen LogP contribution in [0.1, 0.15) is 0 Å². The zero-order valence-corrected chi connectivity index (χ0v) is 12.4. The summed E-state index contributed by atoms with van der Waals surface area (Å²) in [6, 6.07) is 9.75. The van der Waals surface area contributed by atoms with Crippen LogP contribution in [-0.2, 0) is 4.74 Å². The summed E-state index contributed by atoms with van der Waals surface area (Å²) in [6.45, 7) is 0.240. The number of methoxy groups -OCH3 is 1. The number of hydrogen-bond donors (Lipinski definition) is 0. The van der Waals surface area contributed by atoms with Gasteiger partial charge in [0.2, 0.25) is 0 Å². The number of fused-ring (bicyclic) bond motifs is 1. The molecule has 0 unspecified atom stereocenters. The van der Waals surface area contributed by atoms with E-state index in [4.69, 9.17) is 21.1 Å². The van der Waals surface area contributed by atoms with E-state index in [0.29, 0.717) is 5.15 Å². The number of thiophene rings is 1. The van der Waals surface area contributed by atoms with E-state index in [1.54, 1.807) is 18.4 Å². The zero-order valence-electron chi connectivity index (χ0n) is 10.8. The Bertz CT molecular complexity index is 724. The maximum atomic E-state index is 6.21. The van der Waals surface area contributed by atoms with Crippen LogP contribution >= 0.6 is 22.9 Å². The average Bonchev–Trinajstić information content (AvgIpc) is 2.94. The monoisotopic (exact) mass is 305 g/mol. The molecule has 0 N–H and O–H groups in total. The summed E-state index contributed by atoms with van der Waals surface area (Å²) in [6.07, 6.45) is 0. The van der Waals surface area contributed by atoms with Gasteiger partial charge in [-0.25, -0.2) is 4.98 Å². The molecular formula is C15H12ClNO2S. The van der Waals surface area contributed by atoms with Crippen LogP contribution in [0.3, 0.4) is 0 Å². The fraction of sp³-hybridized carbons (Fsp3) is 0.133. The van der Waals surface area contributed by atoms with Crippen molar-refractivity contribution in [1.29, 1.82) is 0 Å². The molecule has 20 heavy (non-hydrogen) atoms. The van der Waals surface area contributed by atoms with E-state index in [9.17, 15) is 0 Å². The van der Waals surface area contributed by atoms with Crippen LogP contribution in [0.15, 0.2) is 41.1 Å². The second kappa shape index (κ2) is 5.79. The first-order valence-electron chi connectivity index (χ1n) is 6.02. The highest BCUT2D eigenvalue weighted by atomic mass is 35.5. The van der Waals surface area contributed by atoms with Gasteiger partial charge in [0, 0.05) is 23.4 Å². The van der Waals surface area contributed by atoms with Crippen molar-refractivity contribution in [3.8, 4) is 17.0 Å². The molecule has 102 valence electrons. The first kappa shape index (κ1) is 13.4. The molecule has 3 rings (SSSR count). The van der Waals surface area contributed by atoms with Crippen molar-refractivity contribution in [3.05, 3.63) is 46.2 Å². The minimum absolute atomic E-state index is 0.240. The summed E-state index contributed by atoms with van der Waals surface area (Å²) < 4.78 is 10.2. The number of rotatable bonds is 4. The SMILES string of the molecule is COCOc1ccc(-c2cc3cscc3c(Cl)n2)cc1. The van der Waals surface area contributed by atoms with Gasteiger partial charge in [-0.05, 0) is 41.1 Å². The summed E-state index contributed by atoms with van der Waals surface area (Å²) in [5.74, 6) is 0.762. The first-order valence-corrected chi connectivity index (χ1v) is 7.34. The average molecular weight is 306 g/mol. The van der Waals surface area contributed by atoms with Crippen molar-refractivity contribution < 1.29 is 9.47 Å². The zero-order chi connectivity index (χ0) is 13.9. The number of nitrogens with zero attached hydrogens (tertiary/aromatic N) is 1. The van der Waals surface area contributed by atoms with Crippen LogP contribution in [0.25, 0.3) is 22.0 Å². The first-order chi connectivity index (χ1) is 9.78. The molecule has 0 aliphatic rings. The third kappa shape index (κ3) is 2.63. The van der Waals surface area contributed by atoms with Gasteiger partial charge in [-0.15, -0.1) is 0 Å². The molecule has 0 aliphatic heterocycles. The number of aromatic nitrogens is 1. The van der Waals surface area contributed by atoms with Gasteiger partial charge >= 0.3 is 0 Å². The molecule has 3 aromatic rings. The van der Waals surface area contributed by atoms with Gasteiger partial charge < -0.3 is 9.47 Å². The molecule has 0 spiro atoms. The smallest absolute Gasteiger partial charge is 0.188 e. The Morgan fingerprint density at radius 1 is 1.20 bits per heavy atom. The molecular weight excluding hydrogens is 294 g/mol. The van der Waals surface area contributed by atoms with Crippen molar-refractivity contribution in [3.63, 3.8) is 0 Å². The number of benzene rings is 1. The highest BCUT2D eigenvalue weighted by Crippen LogP contribution is 2.30. The van der Waals surface area contributed by atoms with E-state index in [2.05, 4.69) is 10.4 Å². The normalized spacial score (nSPS) is 10.9. The summed E-state index contributed by atoms with van der Waals surface area (Å²) in [4.78, 5) is 4.44. The molecule has 3 nitrogen and oxygen atoms in total. The fourth-order valence-corrected chi connectivity index (χ4v) is 3.04. The number of pyridine rings is 1. The third-order valence-corrected chi connectivity index (χ3v) is 3.97. The summed E-state index contributed by atoms with van der Waals surface area (Å²) >= 11 is 7.83. The Hall–Kier alpha value is -1.62. The molecule has 0 radical (unpaired) electrons. The maximum Gasteiger partial charge on any atom is 0.188 e. The van der Waals surface area contributed by atoms with Gasteiger partial charge in [-0.2, -0.15) is 11.3 Å². The quantitative estimate of drug-likeness (QED) is 0.521. The molecule has 0 bridgehead atoms. The van der Waals surface area contributed by atoms with E-state index in [0.717, 1.165) is 27.8 Å². The molecule has 0 atom stereocenters. The van der Waals surface area contributed by atoms with E-state index >= 15 is 0 Å². The number of halogens is 1. The molecule has 1 aromatic carbocycles. The summed E-state index contributed by atoms with van der Waals surface area (Å²) in [5, 5.41) is 6.74. The molecule has 0 aliphatic carbocycles. The predicted octanol–water partition coefficient (Wildman–Crippen LogP) is 4.60. The molecule has 2 aromatic heterocycles. The Morgan fingerprint density at radius 3 is 2.75 bits per heavy atom. The highest BCUT2D eigenvalue weighted by Gasteiger charge is 2.07. The lowest BCUT2D eigenvalue weighted by atomic mass is 10.1. The largest absolute Gasteiger partial charge is 0.468 e. The molecule has 0 amide bonds. The van der Waals surface area contributed by atoms with E-state index in [1.807, 2.05) is 35.7 Å². The van der Waals surface area contributed by atoms with Gasteiger partial charge in [0.15, 0.2) is 6.79 Å². The fourth-order valence-electron chi connectivity index (χ4n) is 1.93. The molecule has 0 saturated heterocycles. The third-order valence-electron chi connectivity index (χ3n) is 2.92. The van der Waals surface area contributed by atoms with E-state index < -0.39 is 0 Å². The van der Waals surface area contributed by atoms with E-state index in [1.165, 1.54) is 0 Å². The van der Waals surface area contributed by atoms with Crippen LogP contribution < -0.4 is 4.74 Å². The molecule has 2 heterocycles. The summed E-state index contributed by atoms with van der Waals surface area (Å²) in [7, 11) is 1.59. The molecule has 0 fully saturated rings. The second-order valence-corrected chi connectivity index (χ2v) is 5.35. The van der Waals surface area contributed by atoms with Gasteiger partial charge in [-0.1, -0.05) is 11.6 Å². The van der Waals surface area contributed by atoms with Crippen molar-refractivity contribution in [2.45, 2.75) is 0 Å². The van der Waals surface area contributed by atoms with Crippen LogP contribution in [0, 0.1) is 0 Å². The molecule has 5 heteroatoms. The topological polar surface area (TPSA) is 31.4 Å². The lowest BCUT2D eigenvalue weighted by Gasteiger charge is -2.06. The lowest BCUT2D eigenvalue weighted by molar-refractivity contribution is 0.0511. The van der Waals surface area contributed by atoms with Crippen LogP contribution in [-0.4, -0.2) is 18.9 Å². The second-order valence-electron chi connectivity index (χ2n) is 4.25. The van der Waals surface area contributed by atoms with Crippen molar-refractivity contribution >= 4 is 33.7 Å². The Labute approximate surface area is 125 Å². The standard InChI is InChI=1S/C15H12ClNO2S/c1-18-9-19-12-4-2-10(3-5-12)14-6-11-7-20-8-13(11)15(16)17-14/h2-8H,9H2,1H3. The van der Waals surface area contributed by atoms with Gasteiger partial charge in [-0.3, -0.25) is 0 Å². The van der Waals surface area contributed by atoms with Gasteiger partial charge in [0.1, 0.15) is 10.9 Å². The van der Waals surface area contributed by atoms with Gasteiger partial charge in [0.25, 0.3) is 0 Å². The van der Waals surface area contributed by atoms with Crippen LogP contribution in [0.2, 0.25) is 5.15 Å². The van der Waals surface area contributed by atoms with E-state index in [-0.39, 0.29) is 6.79 Å². The predicted molar refractivity (Wildman–Crippen MR) is 82.6 cm³/mol. The lowest BCUT2D eigenvalue weighted by Crippen LogP contribution is -1.98. The van der Waals surface area contributed by atoms with Crippen molar-refractivity contribution in [2.75, 3.05) is 13.9 Å². The Kier molecular flexibility index (Phi) is 3.87. The van der Waals surface area contributed by atoms with Crippen molar-refractivity contribution in [1.82, 2.24) is 4.98 Å². The van der Waals surface area contributed by atoms with Crippen molar-refractivity contribution in [2.24, 2.45) is 0 Å². The number of hydrogen-bond acceptors (Lipinski definition) is 4. The molecule has 0 saturated carbocycles. The summed E-state index contributed by atoms with van der Waals surface area (Å²) in [5.41, 5.74) is 1.86. The number of ether oxygens (including phenoxy) is 2. The van der Waals surface area contributed by atoms with Crippen LogP contribution in [0.5, 0.6) is 5.75 Å². The minimum atomic E-state index is 0.240. The van der Waals surface area contributed by atoms with Gasteiger partial charge in [0.05, 0.1) is 5.69 Å². The maximum absolute atomic E-state index is 6.21.